The molecule has 1 aromatic carbocycles. The molecule has 8 nitrogen and oxygen atoms in total. The minimum absolute atomic E-state index is 0.0310. The first-order valence-corrected chi connectivity index (χ1v) is 10.7. The standard InChI is InChI=1S/C21H28ClN5O3/c1-15(2)20-24-18(30-25-20)8-5-9-23-21(29)27-12-10-26(11-13-27)19(28)14-16-6-3-4-7-17(16)22/h3-4,6-7,15H,5,8-14H2,1-2H3,(H,23,29). The Morgan fingerprint density at radius 3 is 2.53 bits per heavy atom. The van der Waals surface area contributed by atoms with E-state index in [4.69, 9.17) is 16.1 Å². The van der Waals surface area contributed by atoms with Crippen LogP contribution < -0.4 is 5.32 Å². The van der Waals surface area contributed by atoms with Crippen molar-refractivity contribution in [3.05, 3.63) is 46.6 Å². The van der Waals surface area contributed by atoms with Crippen LogP contribution in [0.25, 0.3) is 0 Å². The van der Waals surface area contributed by atoms with Crippen molar-refractivity contribution in [3.8, 4) is 0 Å². The SMILES string of the molecule is CC(C)c1noc(CCCNC(=O)N2CCN(C(=O)Cc3ccccc3Cl)CC2)n1. The van der Waals surface area contributed by atoms with Gasteiger partial charge in [0, 0.05) is 50.1 Å². The van der Waals surface area contributed by atoms with Crippen LogP contribution in [0, 0.1) is 0 Å². The molecular weight excluding hydrogens is 406 g/mol. The molecule has 162 valence electrons. The quantitative estimate of drug-likeness (QED) is 0.678. The van der Waals surface area contributed by atoms with Gasteiger partial charge in [-0.25, -0.2) is 4.79 Å². The van der Waals surface area contributed by atoms with Crippen LogP contribution in [-0.4, -0.2) is 64.6 Å². The van der Waals surface area contributed by atoms with E-state index in [9.17, 15) is 9.59 Å². The average molecular weight is 434 g/mol. The summed E-state index contributed by atoms with van der Waals surface area (Å²) in [5, 5.41) is 7.46. The topological polar surface area (TPSA) is 91.6 Å². The molecular formula is C21H28ClN5O3. The summed E-state index contributed by atoms with van der Waals surface area (Å²) < 4.78 is 5.20. The lowest BCUT2D eigenvalue weighted by Gasteiger charge is -2.34. The highest BCUT2D eigenvalue weighted by Crippen LogP contribution is 2.17. The van der Waals surface area contributed by atoms with Gasteiger partial charge in [0.2, 0.25) is 11.8 Å². The third-order valence-electron chi connectivity index (χ3n) is 5.06. The van der Waals surface area contributed by atoms with E-state index in [0.29, 0.717) is 55.9 Å². The Bertz CT molecular complexity index is 862. The molecule has 1 aliphatic rings. The third kappa shape index (κ3) is 5.95. The summed E-state index contributed by atoms with van der Waals surface area (Å²) in [6, 6.07) is 7.26. The van der Waals surface area contributed by atoms with Crippen molar-refractivity contribution in [2.24, 2.45) is 0 Å². The molecule has 0 bridgehead atoms. The highest BCUT2D eigenvalue weighted by molar-refractivity contribution is 6.31. The van der Waals surface area contributed by atoms with Gasteiger partial charge in [-0.05, 0) is 18.1 Å². The molecule has 1 saturated heterocycles. The zero-order valence-electron chi connectivity index (χ0n) is 17.4. The van der Waals surface area contributed by atoms with Gasteiger partial charge in [-0.3, -0.25) is 4.79 Å². The molecule has 1 aromatic heterocycles. The maximum atomic E-state index is 12.5. The zero-order chi connectivity index (χ0) is 21.5. The first-order chi connectivity index (χ1) is 14.4. The maximum Gasteiger partial charge on any atom is 0.317 e. The normalized spacial score (nSPS) is 14.3. The molecule has 9 heteroatoms. The Balaban J connectivity index is 1.35. The van der Waals surface area contributed by atoms with Gasteiger partial charge in [0.1, 0.15) is 0 Å². The molecule has 1 N–H and O–H groups in total. The molecule has 3 amide bonds. The second kappa shape index (κ2) is 10.4. The van der Waals surface area contributed by atoms with Crippen LogP contribution in [0.4, 0.5) is 4.79 Å². The fraction of sp³-hybridized carbons (Fsp3) is 0.524. The second-order valence-corrected chi connectivity index (χ2v) is 8.08. The largest absolute Gasteiger partial charge is 0.339 e. The number of halogens is 1. The van der Waals surface area contributed by atoms with Crippen LogP contribution in [0.5, 0.6) is 0 Å². The number of hydrogen-bond donors (Lipinski definition) is 1. The Morgan fingerprint density at radius 1 is 1.17 bits per heavy atom. The number of rotatable bonds is 7. The zero-order valence-corrected chi connectivity index (χ0v) is 18.2. The van der Waals surface area contributed by atoms with Crippen LogP contribution >= 0.6 is 11.6 Å². The predicted octanol–water partition coefficient (Wildman–Crippen LogP) is 2.88. The Hall–Kier alpha value is -2.61. The lowest BCUT2D eigenvalue weighted by molar-refractivity contribution is -0.131. The lowest BCUT2D eigenvalue weighted by atomic mass is 10.1. The molecule has 2 heterocycles. The van der Waals surface area contributed by atoms with Gasteiger partial charge >= 0.3 is 6.03 Å². The second-order valence-electron chi connectivity index (χ2n) is 7.67. The number of nitrogens with zero attached hydrogens (tertiary/aromatic N) is 4. The van der Waals surface area contributed by atoms with Crippen molar-refractivity contribution < 1.29 is 14.1 Å². The molecule has 0 unspecified atom stereocenters. The third-order valence-corrected chi connectivity index (χ3v) is 5.43. The van der Waals surface area contributed by atoms with Gasteiger partial charge in [-0.15, -0.1) is 0 Å². The van der Waals surface area contributed by atoms with Gasteiger partial charge in [0.05, 0.1) is 6.42 Å². The van der Waals surface area contributed by atoms with E-state index >= 15 is 0 Å². The van der Waals surface area contributed by atoms with E-state index in [0.717, 1.165) is 12.0 Å². The van der Waals surface area contributed by atoms with E-state index in [1.54, 1.807) is 15.9 Å². The van der Waals surface area contributed by atoms with Gasteiger partial charge in [-0.1, -0.05) is 48.8 Å². The van der Waals surface area contributed by atoms with Gasteiger partial charge in [0.15, 0.2) is 5.82 Å². The van der Waals surface area contributed by atoms with Crippen molar-refractivity contribution >= 4 is 23.5 Å². The number of urea groups is 1. The molecule has 0 aliphatic carbocycles. The fourth-order valence-corrected chi connectivity index (χ4v) is 3.43. The monoisotopic (exact) mass is 433 g/mol. The summed E-state index contributed by atoms with van der Waals surface area (Å²) in [4.78, 5) is 32.7. The van der Waals surface area contributed by atoms with E-state index in [-0.39, 0.29) is 24.3 Å². The Labute approximate surface area is 181 Å². The molecule has 0 atom stereocenters. The number of piperazine rings is 1. The molecule has 0 saturated carbocycles. The van der Waals surface area contributed by atoms with E-state index < -0.39 is 0 Å². The highest BCUT2D eigenvalue weighted by Gasteiger charge is 2.24. The molecule has 30 heavy (non-hydrogen) atoms. The van der Waals surface area contributed by atoms with Crippen LogP contribution in [0.3, 0.4) is 0 Å². The van der Waals surface area contributed by atoms with Gasteiger partial charge in [-0.2, -0.15) is 4.98 Å². The van der Waals surface area contributed by atoms with Crippen LogP contribution in [0.2, 0.25) is 5.02 Å². The summed E-state index contributed by atoms with van der Waals surface area (Å²) in [6.45, 7) is 6.64. The number of hydrogen-bond acceptors (Lipinski definition) is 5. The molecule has 1 fully saturated rings. The molecule has 0 radical (unpaired) electrons. The lowest BCUT2D eigenvalue weighted by Crippen LogP contribution is -2.53. The number of carbonyl (C=O) groups is 2. The van der Waals surface area contributed by atoms with Crippen LogP contribution in [0.1, 0.15) is 43.5 Å². The Kier molecular flexibility index (Phi) is 7.68. The fourth-order valence-electron chi connectivity index (χ4n) is 3.23. The minimum Gasteiger partial charge on any atom is -0.339 e. The van der Waals surface area contributed by atoms with Gasteiger partial charge in [0.25, 0.3) is 0 Å². The highest BCUT2D eigenvalue weighted by atomic mass is 35.5. The number of benzene rings is 1. The van der Waals surface area contributed by atoms with Gasteiger partial charge < -0.3 is 19.6 Å². The number of amides is 3. The number of aryl methyl sites for hydroxylation is 1. The number of aromatic nitrogens is 2. The smallest absolute Gasteiger partial charge is 0.317 e. The van der Waals surface area contributed by atoms with E-state index in [2.05, 4.69) is 15.5 Å². The summed E-state index contributed by atoms with van der Waals surface area (Å²) in [5.41, 5.74) is 0.825. The maximum absolute atomic E-state index is 12.5. The van der Waals surface area contributed by atoms with Crippen molar-refractivity contribution in [1.82, 2.24) is 25.3 Å². The molecule has 0 spiro atoms. The van der Waals surface area contributed by atoms with Crippen LogP contribution in [0.15, 0.2) is 28.8 Å². The summed E-state index contributed by atoms with van der Waals surface area (Å²) in [7, 11) is 0. The number of carbonyl (C=O) groups excluding carboxylic acids is 2. The molecule has 1 aliphatic heterocycles. The predicted molar refractivity (Wildman–Crippen MR) is 113 cm³/mol. The van der Waals surface area contributed by atoms with Crippen molar-refractivity contribution in [2.45, 2.75) is 39.0 Å². The summed E-state index contributed by atoms with van der Waals surface area (Å²) in [6.07, 6.45) is 1.63. The van der Waals surface area contributed by atoms with Crippen molar-refractivity contribution in [1.29, 1.82) is 0 Å². The summed E-state index contributed by atoms with van der Waals surface area (Å²) >= 11 is 6.14. The average Bonchev–Trinajstić information content (AvgIpc) is 3.22. The van der Waals surface area contributed by atoms with Crippen LogP contribution in [-0.2, 0) is 17.6 Å². The minimum atomic E-state index is -0.110. The molecule has 2 aromatic rings. The number of nitrogens with one attached hydrogen (secondary N) is 1. The first kappa shape index (κ1) is 22.1. The van der Waals surface area contributed by atoms with Crippen molar-refractivity contribution in [2.75, 3.05) is 32.7 Å². The molecule has 3 rings (SSSR count). The van der Waals surface area contributed by atoms with Crippen molar-refractivity contribution in [3.63, 3.8) is 0 Å². The van der Waals surface area contributed by atoms with E-state index in [1.165, 1.54) is 0 Å². The van der Waals surface area contributed by atoms with E-state index in [1.807, 2.05) is 32.0 Å². The summed E-state index contributed by atoms with van der Waals surface area (Å²) in [5.74, 6) is 1.57. The Morgan fingerprint density at radius 2 is 1.87 bits per heavy atom. The first-order valence-electron chi connectivity index (χ1n) is 10.3.